The van der Waals surface area contributed by atoms with Crippen LogP contribution in [0, 0.1) is 6.92 Å². The Morgan fingerprint density at radius 1 is 1.25 bits per heavy atom. The lowest BCUT2D eigenvalue weighted by molar-refractivity contribution is 0.693. The number of aromatic nitrogens is 4. The normalized spacial score (nSPS) is 11.3. The third-order valence-electron chi connectivity index (χ3n) is 3.45. The maximum atomic E-state index is 5.91. The highest BCUT2D eigenvalue weighted by atomic mass is 35.5. The van der Waals surface area contributed by atoms with E-state index in [1.54, 1.807) is 0 Å². The number of hydrogen-bond acceptors (Lipinski definition) is 2. The van der Waals surface area contributed by atoms with Gasteiger partial charge in [-0.05, 0) is 24.6 Å². The lowest BCUT2D eigenvalue weighted by atomic mass is 10.2. The van der Waals surface area contributed by atoms with Gasteiger partial charge < -0.3 is 4.57 Å². The molecule has 0 saturated carbocycles. The number of aryl methyl sites for hydroxylation is 3. The van der Waals surface area contributed by atoms with E-state index in [1.165, 1.54) is 11.1 Å². The number of para-hydroxylation sites is 1. The van der Waals surface area contributed by atoms with Crippen LogP contribution in [0.5, 0.6) is 0 Å². The molecular formula is C15H17ClN4. The molecule has 0 aliphatic heterocycles. The molecule has 2 heterocycles. The summed E-state index contributed by atoms with van der Waals surface area (Å²) in [5, 5.41) is 4.46. The van der Waals surface area contributed by atoms with Gasteiger partial charge in [0.25, 0.3) is 0 Å². The van der Waals surface area contributed by atoms with Crippen LogP contribution in [0.4, 0.5) is 0 Å². The van der Waals surface area contributed by atoms with E-state index in [1.807, 2.05) is 30.1 Å². The molecule has 0 spiro atoms. The Hall–Kier alpha value is -1.81. The highest BCUT2D eigenvalue weighted by Crippen LogP contribution is 2.21. The van der Waals surface area contributed by atoms with Crippen molar-refractivity contribution in [1.29, 1.82) is 0 Å². The van der Waals surface area contributed by atoms with Gasteiger partial charge in [0.05, 0.1) is 23.3 Å². The smallest absolute Gasteiger partial charge is 0.111 e. The van der Waals surface area contributed by atoms with Crippen molar-refractivity contribution in [3.8, 4) is 0 Å². The van der Waals surface area contributed by atoms with E-state index in [9.17, 15) is 0 Å². The molecule has 0 aliphatic carbocycles. The molecule has 3 rings (SSSR count). The molecule has 0 radical (unpaired) electrons. The predicted octanol–water partition coefficient (Wildman–Crippen LogP) is 2.91. The minimum atomic E-state index is 0.574. The molecule has 20 heavy (non-hydrogen) atoms. The standard InChI is InChI=1S/C15H17ClN4/c1-11-4-3-5-13-15(11)20(14(17-13)6-8-16)10-12-7-9-19(2)18-12/h3-5,7,9H,6,8,10H2,1-2H3. The van der Waals surface area contributed by atoms with Gasteiger partial charge in [-0.15, -0.1) is 11.6 Å². The molecule has 0 atom stereocenters. The molecule has 0 N–H and O–H groups in total. The average Bonchev–Trinajstić information content (AvgIpc) is 2.96. The van der Waals surface area contributed by atoms with Crippen LogP contribution in [0.25, 0.3) is 11.0 Å². The van der Waals surface area contributed by atoms with Crippen molar-refractivity contribution in [2.24, 2.45) is 7.05 Å². The van der Waals surface area contributed by atoms with Gasteiger partial charge in [0.1, 0.15) is 5.82 Å². The maximum absolute atomic E-state index is 5.91. The maximum Gasteiger partial charge on any atom is 0.111 e. The van der Waals surface area contributed by atoms with Gasteiger partial charge in [-0.2, -0.15) is 5.10 Å². The summed E-state index contributed by atoms with van der Waals surface area (Å²) in [7, 11) is 1.93. The summed E-state index contributed by atoms with van der Waals surface area (Å²) in [4.78, 5) is 4.71. The zero-order chi connectivity index (χ0) is 14.1. The molecule has 0 aliphatic rings. The number of rotatable bonds is 4. The van der Waals surface area contributed by atoms with E-state index in [4.69, 9.17) is 16.6 Å². The van der Waals surface area contributed by atoms with Crippen LogP contribution in [0.3, 0.4) is 0 Å². The van der Waals surface area contributed by atoms with Crippen LogP contribution in [0.15, 0.2) is 30.5 Å². The molecule has 3 aromatic rings. The van der Waals surface area contributed by atoms with Crippen molar-refractivity contribution in [2.75, 3.05) is 5.88 Å². The van der Waals surface area contributed by atoms with Crippen LogP contribution in [-0.4, -0.2) is 25.2 Å². The highest BCUT2D eigenvalue weighted by molar-refractivity contribution is 6.17. The van der Waals surface area contributed by atoms with Crippen LogP contribution in [0.2, 0.25) is 0 Å². The lowest BCUT2D eigenvalue weighted by Crippen LogP contribution is -2.07. The van der Waals surface area contributed by atoms with E-state index in [0.717, 1.165) is 30.0 Å². The van der Waals surface area contributed by atoms with Crippen molar-refractivity contribution in [3.05, 3.63) is 47.5 Å². The fourth-order valence-electron chi connectivity index (χ4n) is 2.57. The number of hydrogen-bond donors (Lipinski definition) is 0. The molecule has 5 heteroatoms. The number of fused-ring (bicyclic) bond motifs is 1. The fraction of sp³-hybridized carbons (Fsp3) is 0.333. The Labute approximate surface area is 123 Å². The molecule has 0 saturated heterocycles. The van der Waals surface area contributed by atoms with Gasteiger partial charge in [-0.3, -0.25) is 4.68 Å². The quantitative estimate of drug-likeness (QED) is 0.692. The Kier molecular flexibility index (Phi) is 3.49. The van der Waals surface area contributed by atoms with E-state index in [0.29, 0.717) is 5.88 Å². The zero-order valence-corrected chi connectivity index (χ0v) is 12.4. The first-order chi connectivity index (χ1) is 9.69. The van der Waals surface area contributed by atoms with Gasteiger partial charge >= 0.3 is 0 Å². The third kappa shape index (κ3) is 2.31. The fourth-order valence-corrected chi connectivity index (χ4v) is 2.74. The first-order valence-electron chi connectivity index (χ1n) is 6.68. The first-order valence-corrected chi connectivity index (χ1v) is 7.21. The van der Waals surface area contributed by atoms with E-state index < -0.39 is 0 Å². The van der Waals surface area contributed by atoms with Crippen molar-refractivity contribution in [3.63, 3.8) is 0 Å². The highest BCUT2D eigenvalue weighted by Gasteiger charge is 2.13. The number of alkyl halides is 1. The van der Waals surface area contributed by atoms with Gasteiger partial charge in [-0.1, -0.05) is 12.1 Å². The Morgan fingerprint density at radius 2 is 2.10 bits per heavy atom. The second-order valence-electron chi connectivity index (χ2n) is 4.98. The lowest BCUT2D eigenvalue weighted by Gasteiger charge is -2.08. The Balaban J connectivity index is 2.12. The molecule has 104 valence electrons. The molecule has 0 fully saturated rings. The van der Waals surface area contributed by atoms with Gasteiger partial charge in [0, 0.05) is 25.5 Å². The van der Waals surface area contributed by atoms with Crippen LogP contribution >= 0.6 is 11.6 Å². The largest absolute Gasteiger partial charge is 0.322 e. The summed E-state index contributed by atoms with van der Waals surface area (Å²) >= 11 is 5.91. The second-order valence-corrected chi connectivity index (χ2v) is 5.35. The molecule has 4 nitrogen and oxygen atoms in total. The number of halogens is 1. The molecular weight excluding hydrogens is 272 g/mol. The number of nitrogens with zero attached hydrogens (tertiary/aromatic N) is 4. The zero-order valence-electron chi connectivity index (χ0n) is 11.7. The van der Waals surface area contributed by atoms with Crippen molar-refractivity contribution in [1.82, 2.24) is 19.3 Å². The summed E-state index contributed by atoms with van der Waals surface area (Å²) in [5.74, 6) is 1.60. The minimum Gasteiger partial charge on any atom is -0.322 e. The SMILES string of the molecule is Cc1cccc2nc(CCCl)n(Cc3ccn(C)n3)c12. The van der Waals surface area contributed by atoms with Crippen LogP contribution < -0.4 is 0 Å². The monoisotopic (exact) mass is 288 g/mol. The van der Waals surface area contributed by atoms with Crippen molar-refractivity contribution in [2.45, 2.75) is 19.9 Å². The predicted molar refractivity (Wildman–Crippen MR) is 81.2 cm³/mol. The third-order valence-corrected chi connectivity index (χ3v) is 3.64. The van der Waals surface area contributed by atoms with Crippen molar-refractivity contribution < 1.29 is 0 Å². The van der Waals surface area contributed by atoms with E-state index >= 15 is 0 Å². The molecule has 0 unspecified atom stereocenters. The summed E-state index contributed by atoms with van der Waals surface area (Å²) < 4.78 is 4.05. The Morgan fingerprint density at radius 3 is 2.80 bits per heavy atom. The van der Waals surface area contributed by atoms with Crippen molar-refractivity contribution >= 4 is 22.6 Å². The topological polar surface area (TPSA) is 35.6 Å². The van der Waals surface area contributed by atoms with E-state index in [-0.39, 0.29) is 0 Å². The number of imidazole rings is 1. The summed E-state index contributed by atoms with van der Waals surface area (Å²) in [6.45, 7) is 2.85. The Bertz CT molecular complexity index is 741. The summed E-state index contributed by atoms with van der Waals surface area (Å²) in [6.07, 6.45) is 2.73. The molecule has 0 amide bonds. The average molecular weight is 289 g/mol. The summed E-state index contributed by atoms with van der Waals surface area (Å²) in [5.41, 5.74) is 4.47. The van der Waals surface area contributed by atoms with E-state index in [2.05, 4.69) is 28.7 Å². The summed E-state index contributed by atoms with van der Waals surface area (Å²) in [6, 6.07) is 8.24. The molecule has 0 bridgehead atoms. The molecule has 1 aromatic carbocycles. The van der Waals surface area contributed by atoms with Crippen LogP contribution in [0.1, 0.15) is 17.1 Å². The van der Waals surface area contributed by atoms with Gasteiger partial charge in [-0.25, -0.2) is 4.98 Å². The molecule has 2 aromatic heterocycles. The van der Waals surface area contributed by atoms with Gasteiger partial charge in [0.2, 0.25) is 0 Å². The van der Waals surface area contributed by atoms with Crippen LogP contribution in [-0.2, 0) is 20.0 Å². The van der Waals surface area contributed by atoms with Gasteiger partial charge in [0.15, 0.2) is 0 Å². The first kappa shape index (κ1) is 13.2. The minimum absolute atomic E-state index is 0.574. The number of benzene rings is 1. The second kappa shape index (κ2) is 5.29.